The second kappa shape index (κ2) is 7.63. The zero-order valence-electron chi connectivity index (χ0n) is 12.8. The van der Waals surface area contributed by atoms with Gasteiger partial charge in [-0.15, -0.1) is 0 Å². The number of carbonyl (C=O) groups excluding carboxylic acids is 1. The van der Waals surface area contributed by atoms with E-state index in [9.17, 15) is 4.79 Å². The van der Waals surface area contributed by atoms with Crippen molar-refractivity contribution in [2.75, 3.05) is 0 Å². The summed E-state index contributed by atoms with van der Waals surface area (Å²) >= 11 is 0. The smallest absolute Gasteiger partial charge is 0.220 e. The Labute approximate surface area is 127 Å². The third-order valence-electron chi connectivity index (χ3n) is 3.63. The van der Waals surface area contributed by atoms with Gasteiger partial charge >= 0.3 is 0 Å². The summed E-state index contributed by atoms with van der Waals surface area (Å²) in [6, 6.07) is 19.3. The first-order valence-electron chi connectivity index (χ1n) is 7.75. The lowest BCUT2D eigenvalue weighted by Crippen LogP contribution is -2.27. The molecule has 2 aromatic carbocycles. The summed E-state index contributed by atoms with van der Waals surface area (Å²) in [6.07, 6.45) is 2.56. The lowest BCUT2D eigenvalue weighted by molar-refractivity contribution is -0.119. The van der Waals surface area contributed by atoms with E-state index in [0.717, 1.165) is 12.8 Å². The van der Waals surface area contributed by atoms with Gasteiger partial charge in [0.15, 0.2) is 0 Å². The Morgan fingerprint density at radius 1 is 0.952 bits per heavy atom. The summed E-state index contributed by atoms with van der Waals surface area (Å²) in [5, 5.41) is 3.01. The lowest BCUT2D eigenvalue weighted by atomic mass is 10.0. The highest BCUT2D eigenvalue weighted by Crippen LogP contribution is 2.20. The molecule has 110 valence electrons. The average molecular weight is 281 g/mol. The molecular weight excluding hydrogens is 258 g/mol. The Kier molecular flexibility index (Phi) is 5.56. The zero-order valence-corrected chi connectivity index (χ0v) is 12.8. The Morgan fingerprint density at radius 2 is 1.57 bits per heavy atom. The van der Waals surface area contributed by atoms with Crippen molar-refractivity contribution in [2.24, 2.45) is 0 Å². The summed E-state index contributed by atoms with van der Waals surface area (Å²) in [5.41, 5.74) is 3.76. The molecule has 0 aliphatic carbocycles. The van der Waals surface area contributed by atoms with Crippen LogP contribution in [-0.4, -0.2) is 11.9 Å². The van der Waals surface area contributed by atoms with E-state index in [1.54, 1.807) is 0 Å². The molecule has 2 nitrogen and oxygen atoms in total. The highest BCUT2D eigenvalue weighted by atomic mass is 16.1. The normalized spacial score (nSPS) is 16.9. The molecule has 1 aliphatic rings. The maximum atomic E-state index is 11.2. The average Bonchev–Trinajstić information content (AvgIpc) is 2.96. The number of carbonyl (C=O) groups is 1. The highest BCUT2D eigenvalue weighted by molar-refractivity contribution is 5.78. The van der Waals surface area contributed by atoms with E-state index in [1.807, 2.05) is 19.9 Å². The van der Waals surface area contributed by atoms with Crippen LogP contribution in [0.5, 0.6) is 0 Å². The quantitative estimate of drug-likeness (QED) is 0.897. The van der Waals surface area contributed by atoms with Crippen molar-refractivity contribution in [3.05, 3.63) is 60.2 Å². The first-order valence-corrected chi connectivity index (χ1v) is 7.75. The van der Waals surface area contributed by atoms with Gasteiger partial charge in [0.1, 0.15) is 0 Å². The Bertz CT molecular complexity index is 560. The molecule has 2 heteroatoms. The molecule has 3 rings (SSSR count). The van der Waals surface area contributed by atoms with Crippen LogP contribution in [0.2, 0.25) is 0 Å². The fourth-order valence-corrected chi connectivity index (χ4v) is 2.58. The van der Waals surface area contributed by atoms with Gasteiger partial charge in [-0.25, -0.2) is 0 Å². The first kappa shape index (κ1) is 15.3. The maximum absolute atomic E-state index is 11.2. The van der Waals surface area contributed by atoms with Crippen molar-refractivity contribution in [3.8, 4) is 11.1 Å². The number of amides is 1. The monoisotopic (exact) mass is 281 g/mol. The minimum Gasteiger partial charge on any atom is -0.353 e. The van der Waals surface area contributed by atoms with E-state index in [1.165, 1.54) is 16.7 Å². The van der Waals surface area contributed by atoms with Crippen LogP contribution in [0.1, 0.15) is 32.3 Å². The molecule has 1 heterocycles. The van der Waals surface area contributed by atoms with Gasteiger partial charge in [-0.2, -0.15) is 0 Å². The van der Waals surface area contributed by atoms with Crippen molar-refractivity contribution in [1.82, 2.24) is 5.32 Å². The van der Waals surface area contributed by atoms with Crippen LogP contribution in [0.4, 0.5) is 0 Å². The number of rotatable bonds is 3. The molecule has 0 aromatic heterocycles. The molecule has 0 saturated carbocycles. The van der Waals surface area contributed by atoms with Crippen molar-refractivity contribution in [2.45, 2.75) is 39.2 Å². The van der Waals surface area contributed by atoms with Gasteiger partial charge in [0.25, 0.3) is 0 Å². The van der Waals surface area contributed by atoms with Gasteiger partial charge in [0.05, 0.1) is 0 Å². The van der Waals surface area contributed by atoms with Gasteiger partial charge < -0.3 is 5.32 Å². The molecule has 0 radical (unpaired) electrons. The van der Waals surface area contributed by atoms with E-state index in [4.69, 9.17) is 0 Å². The fourth-order valence-electron chi connectivity index (χ4n) is 2.58. The number of hydrogen-bond donors (Lipinski definition) is 1. The van der Waals surface area contributed by atoms with E-state index in [-0.39, 0.29) is 5.91 Å². The van der Waals surface area contributed by atoms with Crippen LogP contribution in [0, 0.1) is 0 Å². The number of nitrogens with one attached hydrogen (secondary N) is 1. The van der Waals surface area contributed by atoms with Crippen molar-refractivity contribution in [1.29, 1.82) is 0 Å². The molecule has 0 unspecified atom stereocenters. The second-order valence-corrected chi connectivity index (χ2v) is 5.07. The first-order chi connectivity index (χ1) is 10.3. The standard InChI is InChI=1S/C17H17NO.C2H6/c19-17-11-10-16(18-17)12-13-6-8-15(9-7-13)14-4-2-1-3-5-14;1-2/h1-9,16H,10-12H2,(H,18,19);1-2H3/t16-;/m0./s1. The van der Waals surface area contributed by atoms with Gasteiger partial charge in [0.2, 0.25) is 5.91 Å². The van der Waals surface area contributed by atoms with Crippen molar-refractivity contribution < 1.29 is 4.79 Å². The fraction of sp³-hybridized carbons (Fsp3) is 0.316. The van der Waals surface area contributed by atoms with Crippen LogP contribution < -0.4 is 5.32 Å². The van der Waals surface area contributed by atoms with E-state index < -0.39 is 0 Å². The maximum Gasteiger partial charge on any atom is 0.220 e. The van der Waals surface area contributed by atoms with Crippen LogP contribution in [0.3, 0.4) is 0 Å². The minimum atomic E-state index is 0.186. The topological polar surface area (TPSA) is 29.1 Å². The number of hydrogen-bond acceptors (Lipinski definition) is 1. The SMILES string of the molecule is CC.O=C1CC[C@@H](Cc2ccc(-c3ccccc3)cc2)N1. The summed E-state index contributed by atoms with van der Waals surface area (Å²) < 4.78 is 0. The zero-order chi connectivity index (χ0) is 15.1. The van der Waals surface area contributed by atoms with Crippen LogP contribution in [-0.2, 0) is 11.2 Å². The molecule has 1 aliphatic heterocycles. The van der Waals surface area contributed by atoms with Crippen LogP contribution in [0.15, 0.2) is 54.6 Å². The summed E-state index contributed by atoms with van der Waals surface area (Å²) in [6.45, 7) is 4.00. The van der Waals surface area contributed by atoms with Gasteiger partial charge in [0, 0.05) is 12.5 Å². The molecule has 0 spiro atoms. The Hall–Kier alpha value is -2.09. The van der Waals surface area contributed by atoms with Crippen LogP contribution >= 0.6 is 0 Å². The minimum absolute atomic E-state index is 0.186. The Balaban J connectivity index is 0.000000774. The number of benzene rings is 2. The van der Waals surface area contributed by atoms with E-state index in [2.05, 4.69) is 53.8 Å². The van der Waals surface area contributed by atoms with Crippen molar-refractivity contribution in [3.63, 3.8) is 0 Å². The molecule has 1 fully saturated rings. The lowest BCUT2D eigenvalue weighted by Gasteiger charge is -2.10. The van der Waals surface area contributed by atoms with Crippen molar-refractivity contribution >= 4 is 5.91 Å². The molecular formula is C19H23NO. The molecule has 0 bridgehead atoms. The summed E-state index contributed by atoms with van der Waals surface area (Å²) in [7, 11) is 0. The second-order valence-electron chi connectivity index (χ2n) is 5.07. The van der Waals surface area contributed by atoms with E-state index in [0.29, 0.717) is 12.5 Å². The molecule has 1 saturated heterocycles. The van der Waals surface area contributed by atoms with E-state index >= 15 is 0 Å². The van der Waals surface area contributed by atoms with Crippen LogP contribution in [0.25, 0.3) is 11.1 Å². The molecule has 1 atom stereocenters. The molecule has 2 aromatic rings. The summed E-state index contributed by atoms with van der Waals surface area (Å²) in [4.78, 5) is 11.2. The largest absolute Gasteiger partial charge is 0.353 e. The molecule has 21 heavy (non-hydrogen) atoms. The Morgan fingerprint density at radius 3 is 2.14 bits per heavy atom. The highest BCUT2D eigenvalue weighted by Gasteiger charge is 2.20. The summed E-state index contributed by atoms with van der Waals surface area (Å²) in [5.74, 6) is 0.186. The van der Waals surface area contributed by atoms with Gasteiger partial charge in [-0.05, 0) is 29.5 Å². The molecule has 1 amide bonds. The third kappa shape index (κ3) is 4.19. The van der Waals surface area contributed by atoms with Gasteiger partial charge in [-0.1, -0.05) is 68.4 Å². The van der Waals surface area contributed by atoms with Gasteiger partial charge in [-0.3, -0.25) is 4.79 Å². The predicted octanol–water partition coefficient (Wildman–Crippen LogP) is 4.20. The predicted molar refractivity (Wildman–Crippen MR) is 88.1 cm³/mol. The third-order valence-corrected chi connectivity index (χ3v) is 3.63. The molecule has 1 N–H and O–H groups in total.